The number of hydrogen-bond acceptors (Lipinski definition) is 8. The number of nitrogens with zero attached hydrogens (tertiary/aromatic N) is 5. The predicted octanol–water partition coefficient (Wildman–Crippen LogP) is 7.14. The Morgan fingerprint density at radius 2 is 1.31 bits per heavy atom. The highest BCUT2D eigenvalue weighted by molar-refractivity contribution is 5.67. The van der Waals surface area contributed by atoms with Crippen LogP contribution in [0, 0.1) is 6.92 Å². The van der Waals surface area contributed by atoms with Gasteiger partial charge in [-0.05, 0) is 49.7 Å². The maximum atomic E-state index is 10.7. The van der Waals surface area contributed by atoms with Crippen molar-refractivity contribution >= 4 is 34.4 Å². The first kappa shape index (κ1) is 25.4. The molecule has 0 heterocycles. The minimum absolute atomic E-state index is 0.147. The summed E-state index contributed by atoms with van der Waals surface area (Å²) in [7, 11) is 5.03. The minimum Gasteiger partial charge on any atom is -0.494 e. The summed E-state index contributed by atoms with van der Waals surface area (Å²) in [5, 5.41) is 26.0. The van der Waals surface area contributed by atoms with Crippen LogP contribution in [0.5, 0.6) is 11.5 Å². The lowest BCUT2D eigenvalue weighted by Crippen LogP contribution is -2.19. The van der Waals surface area contributed by atoms with Gasteiger partial charge in [0.05, 0.1) is 25.6 Å². The molecule has 0 saturated heterocycles. The fourth-order valence-corrected chi connectivity index (χ4v) is 3.23. The first-order valence-corrected chi connectivity index (χ1v) is 11.1. The molecule has 0 bridgehead atoms. The number of ether oxygens (including phenoxy) is 2. The fourth-order valence-electron chi connectivity index (χ4n) is 3.23. The highest BCUT2D eigenvalue weighted by Gasteiger charge is 2.11. The Morgan fingerprint density at radius 3 is 1.77 bits per heavy atom. The van der Waals surface area contributed by atoms with E-state index in [1.807, 2.05) is 67.4 Å². The summed E-state index contributed by atoms with van der Waals surface area (Å²) < 4.78 is 11.0. The van der Waals surface area contributed by atoms with Crippen molar-refractivity contribution in [3.05, 3.63) is 66.2 Å². The average Bonchev–Trinajstić information content (AvgIpc) is 2.87. The molecule has 1 N–H and O–H groups in total. The molecule has 0 amide bonds. The molecule has 0 saturated carbocycles. The predicted molar refractivity (Wildman–Crippen MR) is 136 cm³/mol. The number of carboxylic acid groups (broad SMARTS) is 1. The summed E-state index contributed by atoms with van der Waals surface area (Å²) in [6.07, 6.45) is 0.726. The Morgan fingerprint density at radius 1 is 0.829 bits per heavy atom. The number of carboxylic acids is 1. The number of anilines is 1. The Balaban J connectivity index is 1.75. The van der Waals surface area contributed by atoms with Gasteiger partial charge in [0.2, 0.25) is 0 Å². The molecule has 3 rings (SSSR count). The van der Waals surface area contributed by atoms with Crippen molar-refractivity contribution in [3.63, 3.8) is 0 Å². The van der Waals surface area contributed by atoms with E-state index in [4.69, 9.17) is 14.6 Å². The SMILES string of the molecule is COc1cc(/N=N/c2ccc(N(C)CCCC(=O)O)cc2)c(OC)cc1/N=N/c1ccc(C)cc1. The molecule has 3 aromatic carbocycles. The molecule has 3 aromatic rings. The molecule has 0 atom stereocenters. The molecule has 9 nitrogen and oxygen atoms in total. The number of aryl methyl sites for hydroxylation is 1. The van der Waals surface area contributed by atoms with Crippen LogP contribution in [0.1, 0.15) is 18.4 Å². The third kappa shape index (κ3) is 7.36. The van der Waals surface area contributed by atoms with Gasteiger partial charge >= 0.3 is 5.97 Å². The Labute approximate surface area is 204 Å². The molecule has 0 aliphatic heterocycles. The van der Waals surface area contributed by atoms with Gasteiger partial charge in [0.25, 0.3) is 0 Å². The number of azo groups is 2. The molecule has 0 aromatic heterocycles. The lowest BCUT2D eigenvalue weighted by atomic mass is 10.2. The summed E-state index contributed by atoms with van der Waals surface area (Å²) in [5.74, 6) is 0.194. The molecule has 0 unspecified atom stereocenters. The van der Waals surface area contributed by atoms with E-state index in [1.165, 1.54) is 0 Å². The summed E-state index contributed by atoms with van der Waals surface area (Å²) in [5.41, 5.74) is 4.52. The van der Waals surface area contributed by atoms with Gasteiger partial charge in [-0.15, -0.1) is 10.2 Å². The molecule has 0 aliphatic rings. The molecular formula is C26H29N5O4. The quantitative estimate of drug-likeness (QED) is 0.296. The minimum atomic E-state index is -0.788. The van der Waals surface area contributed by atoms with Gasteiger partial charge < -0.3 is 19.5 Å². The number of hydrogen-bond donors (Lipinski definition) is 1. The van der Waals surface area contributed by atoms with E-state index in [2.05, 4.69) is 20.5 Å². The van der Waals surface area contributed by atoms with E-state index in [0.29, 0.717) is 41.5 Å². The molecule has 35 heavy (non-hydrogen) atoms. The van der Waals surface area contributed by atoms with Crippen LogP contribution in [0.15, 0.2) is 81.1 Å². The molecule has 0 fully saturated rings. The third-order valence-corrected chi connectivity index (χ3v) is 5.24. The van der Waals surface area contributed by atoms with Gasteiger partial charge in [-0.25, -0.2) is 0 Å². The summed E-state index contributed by atoms with van der Waals surface area (Å²) in [6, 6.07) is 18.7. The molecule has 0 aliphatic carbocycles. The first-order valence-electron chi connectivity index (χ1n) is 11.1. The molecule has 9 heteroatoms. The second kappa shape index (κ2) is 12.3. The van der Waals surface area contributed by atoms with Gasteiger partial charge in [0.1, 0.15) is 22.9 Å². The van der Waals surface area contributed by atoms with E-state index in [0.717, 1.165) is 16.9 Å². The zero-order valence-corrected chi connectivity index (χ0v) is 20.3. The number of benzene rings is 3. The molecule has 0 radical (unpaired) electrons. The second-order valence-electron chi connectivity index (χ2n) is 7.87. The Bertz CT molecular complexity index is 1190. The normalized spacial score (nSPS) is 11.2. The molecular weight excluding hydrogens is 446 g/mol. The van der Waals surface area contributed by atoms with Crippen LogP contribution < -0.4 is 14.4 Å². The largest absolute Gasteiger partial charge is 0.494 e. The lowest BCUT2D eigenvalue weighted by Gasteiger charge is -2.18. The summed E-state index contributed by atoms with van der Waals surface area (Å²) >= 11 is 0. The van der Waals surface area contributed by atoms with Crippen molar-refractivity contribution in [1.29, 1.82) is 0 Å². The Hall–Kier alpha value is -4.27. The van der Waals surface area contributed by atoms with E-state index in [9.17, 15) is 4.79 Å². The highest BCUT2D eigenvalue weighted by Crippen LogP contribution is 2.41. The number of methoxy groups -OCH3 is 2. The van der Waals surface area contributed by atoms with Crippen LogP contribution in [0.4, 0.5) is 28.4 Å². The van der Waals surface area contributed by atoms with Crippen molar-refractivity contribution in [2.24, 2.45) is 20.5 Å². The van der Waals surface area contributed by atoms with Gasteiger partial charge in [0.15, 0.2) is 0 Å². The van der Waals surface area contributed by atoms with Crippen molar-refractivity contribution in [2.45, 2.75) is 19.8 Å². The molecule has 182 valence electrons. The van der Waals surface area contributed by atoms with Crippen LogP contribution in [-0.4, -0.2) is 38.9 Å². The lowest BCUT2D eigenvalue weighted by molar-refractivity contribution is -0.137. The highest BCUT2D eigenvalue weighted by atomic mass is 16.5. The van der Waals surface area contributed by atoms with Gasteiger partial charge in [-0.1, -0.05) is 17.7 Å². The van der Waals surface area contributed by atoms with Crippen LogP contribution >= 0.6 is 0 Å². The topological polar surface area (TPSA) is 108 Å². The van der Waals surface area contributed by atoms with Crippen molar-refractivity contribution in [2.75, 3.05) is 32.7 Å². The number of aliphatic carboxylic acids is 1. The van der Waals surface area contributed by atoms with Crippen LogP contribution in [0.2, 0.25) is 0 Å². The van der Waals surface area contributed by atoms with Crippen LogP contribution in [0.3, 0.4) is 0 Å². The van der Waals surface area contributed by atoms with Crippen LogP contribution in [-0.2, 0) is 4.79 Å². The molecule has 0 spiro atoms. The average molecular weight is 476 g/mol. The monoisotopic (exact) mass is 475 g/mol. The smallest absolute Gasteiger partial charge is 0.303 e. The maximum absolute atomic E-state index is 10.7. The first-order chi connectivity index (χ1) is 16.9. The van der Waals surface area contributed by atoms with E-state index < -0.39 is 5.97 Å². The fraction of sp³-hybridized carbons (Fsp3) is 0.269. The summed E-state index contributed by atoms with van der Waals surface area (Å²) in [4.78, 5) is 12.7. The number of rotatable bonds is 11. The van der Waals surface area contributed by atoms with Gasteiger partial charge in [-0.2, -0.15) is 10.2 Å². The van der Waals surface area contributed by atoms with Crippen LogP contribution in [0.25, 0.3) is 0 Å². The van der Waals surface area contributed by atoms with Crippen molar-refractivity contribution in [1.82, 2.24) is 0 Å². The summed E-state index contributed by atoms with van der Waals surface area (Å²) in [6.45, 7) is 2.66. The standard InChI is InChI=1S/C26H29N5O4/c1-18-7-9-19(10-8-18)27-29-22-16-25(35-4)23(17-24(22)34-3)30-28-20-11-13-21(14-12-20)31(2)15-5-6-26(32)33/h7-14,16-17H,5-6,15H2,1-4H3,(H,32,33)/b29-27+,30-28+. The zero-order valence-electron chi connectivity index (χ0n) is 20.3. The Kier molecular flexibility index (Phi) is 8.89. The zero-order chi connectivity index (χ0) is 25.2. The van der Waals surface area contributed by atoms with Gasteiger partial charge in [0, 0.05) is 37.8 Å². The van der Waals surface area contributed by atoms with E-state index in [-0.39, 0.29) is 6.42 Å². The maximum Gasteiger partial charge on any atom is 0.303 e. The number of carbonyl (C=O) groups is 1. The van der Waals surface area contributed by atoms with Gasteiger partial charge in [-0.3, -0.25) is 4.79 Å². The van der Waals surface area contributed by atoms with E-state index >= 15 is 0 Å². The third-order valence-electron chi connectivity index (χ3n) is 5.24. The second-order valence-corrected chi connectivity index (χ2v) is 7.87. The van der Waals surface area contributed by atoms with Crippen molar-refractivity contribution in [3.8, 4) is 11.5 Å². The van der Waals surface area contributed by atoms with Crippen molar-refractivity contribution < 1.29 is 19.4 Å². The van der Waals surface area contributed by atoms with E-state index in [1.54, 1.807) is 26.4 Å².